The van der Waals surface area contributed by atoms with Crippen LogP contribution in [0.5, 0.6) is 5.75 Å². The van der Waals surface area contributed by atoms with Crippen LogP contribution in [0, 0.1) is 6.92 Å². The van der Waals surface area contributed by atoms with E-state index in [-0.39, 0.29) is 12.0 Å². The van der Waals surface area contributed by atoms with Gasteiger partial charge in [-0.05, 0) is 51.5 Å². The molecule has 18 heavy (non-hydrogen) atoms. The molecule has 0 amide bonds. The molecule has 1 aromatic carbocycles. The fraction of sp³-hybridized carbons (Fsp3) is 0.500. The molecule has 0 aliphatic heterocycles. The van der Waals surface area contributed by atoms with Gasteiger partial charge < -0.3 is 15.2 Å². The number of anilines is 1. The molecule has 0 fully saturated rings. The van der Waals surface area contributed by atoms with Crippen molar-refractivity contribution >= 4 is 11.7 Å². The van der Waals surface area contributed by atoms with E-state index < -0.39 is 5.97 Å². The third kappa shape index (κ3) is 5.08. The quantitative estimate of drug-likeness (QED) is 0.844. The Balaban J connectivity index is 2.65. The zero-order valence-corrected chi connectivity index (χ0v) is 11.4. The van der Waals surface area contributed by atoms with Gasteiger partial charge in [0.1, 0.15) is 11.4 Å². The van der Waals surface area contributed by atoms with Crippen molar-refractivity contribution in [1.29, 1.82) is 0 Å². The van der Waals surface area contributed by atoms with E-state index in [0.29, 0.717) is 6.54 Å². The summed E-state index contributed by atoms with van der Waals surface area (Å²) in [4.78, 5) is 10.4. The number of benzene rings is 1. The summed E-state index contributed by atoms with van der Waals surface area (Å²) < 4.78 is 5.76. The Morgan fingerprint density at radius 3 is 2.56 bits per heavy atom. The maximum Gasteiger partial charge on any atom is 0.305 e. The highest BCUT2D eigenvalue weighted by Crippen LogP contribution is 2.24. The van der Waals surface area contributed by atoms with Gasteiger partial charge in [0.2, 0.25) is 0 Å². The smallest absolute Gasteiger partial charge is 0.305 e. The van der Waals surface area contributed by atoms with Crippen molar-refractivity contribution in [1.82, 2.24) is 0 Å². The number of hydrogen-bond acceptors (Lipinski definition) is 3. The molecule has 0 saturated heterocycles. The van der Waals surface area contributed by atoms with Crippen LogP contribution >= 0.6 is 0 Å². The number of carboxylic acid groups (broad SMARTS) is 1. The van der Waals surface area contributed by atoms with Gasteiger partial charge in [0.25, 0.3) is 0 Å². The maximum atomic E-state index is 10.4. The molecule has 4 nitrogen and oxygen atoms in total. The first kappa shape index (κ1) is 14.4. The van der Waals surface area contributed by atoms with Crippen molar-refractivity contribution in [2.24, 2.45) is 0 Å². The van der Waals surface area contributed by atoms with E-state index in [2.05, 4.69) is 5.32 Å². The number of carboxylic acids is 1. The fourth-order valence-electron chi connectivity index (χ4n) is 1.56. The zero-order chi connectivity index (χ0) is 13.8. The maximum absolute atomic E-state index is 10.4. The van der Waals surface area contributed by atoms with Crippen molar-refractivity contribution in [2.45, 2.75) is 39.7 Å². The van der Waals surface area contributed by atoms with E-state index in [0.717, 1.165) is 17.0 Å². The molecule has 2 N–H and O–H groups in total. The van der Waals surface area contributed by atoms with E-state index in [9.17, 15) is 4.79 Å². The van der Waals surface area contributed by atoms with Gasteiger partial charge >= 0.3 is 5.97 Å². The van der Waals surface area contributed by atoms with Crippen molar-refractivity contribution < 1.29 is 14.6 Å². The van der Waals surface area contributed by atoms with Crippen molar-refractivity contribution in [2.75, 3.05) is 11.9 Å². The van der Waals surface area contributed by atoms with Crippen molar-refractivity contribution in [3.05, 3.63) is 23.8 Å². The lowest BCUT2D eigenvalue weighted by Gasteiger charge is -2.22. The summed E-state index contributed by atoms with van der Waals surface area (Å²) in [6.45, 7) is 8.40. The Morgan fingerprint density at radius 2 is 2.06 bits per heavy atom. The van der Waals surface area contributed by atoms with Gasteiger partial charge in [0.15, 0.2) is 0 Å². The minimum atomic E-state index is -0.798. The van der Waals surface area contributed by atoms with Gasteiger partial charge in [-0.15, -0.1) is 0 Å². The van der Waals surface area contributed by atoms with Crippen LogP contribution in [0.2, 0.25) is 0 Å². The minimum Gasteiger partial charge on any atom is -0.488 e. The Labute approximate surface area is 108 Å². The molecule has 0 atom stereocenters. The number of carbonyl (C=O) groups is 1. The summed E-state index contributed by atoms with van der Waals surface area (Å²) in [6.07, 6.45) is 0.111. The number of ether oxygens (including phenoxy) is 1. The first-order valence-electron chi connectivity index (χ1n) is 6.03. The van der Waals surface area contributed by atoms with Crippen LogP contribution in [-0.2, 0) is 4.79 Å². The van der Waals surface area contributed by atoms with Crippen LogP contribution < -0.4 is 10.1 Å². The van der Waals surface area contributed by atoms with Crippen LogP contribution in [0.3, 0.4) is 0 Å². The predicted molar refractivity (Wildman–Crippen MR) is 72.3 cm³/mol. The molecule has 0 heterocycles. The molecule has 0 spiro atoms. The Hall–Kier alpha value is -1.71. The van der Waals surface area contributed by atoms with E-state index in [1.807, 2.05) is 45.9 Å². The lowest BCUT2D eigenvalue weighted by molar-refractivity contribution is -0.136. The summed E-state index contributed by atoms with van der Waals surface area (Å²) in [5.74, 6) is 0.0247. The zero-order valence-electron chi connectivity index (χ0n) is 11.4. The van der Waals surface area contributed by atoms with Crippen LogP contribution in [0.25, 0.3) is 0 Å². The highest BCUT2D eigenvalue weighted by molar-refractivity contribution is 5.67. The van der Waals surface area contributed by atoms with Crippen molar-refractivity contribution in [3.63, 3.8) is 0 Å². The fourth-order valence-corrected chi connectivity index (χ4v) is 1.56. The average molecular weight is 251 g/mol. The summed E-state index contributed by atoms with van der Waals surface area (Å²) in [6, 6.07) is 5.76. The first-order chi connectivity index (χ1) is 8.28. The van der Waals surface area contributed by atoms with Gasteiger partial charge in [0.05, 0.1) is 6.42 Å². The average Bonchev–Trinajstić information content (AvgIpc) is 2.18. The lowest BCUT2D eigenvalue weighted by atomic mass is 10.1. The highest BCUT2D eigenvalue weighted by atomic mass is 16.5. The topological polar surface area (TPSA) is 58.6 Å². The number of nitrogens with one attached hydrogen (secondary N) is 1. The number of aliphatic carboxylic acids is 1. The number of hydrogen-bond donors (Lipinski definition) is 2. The summed E-state index contributed by atoms with van der Waals surface area (Å²) >= 11 is 0. The summed E-state index contributed by atoms with van der Waals surface area (Å²) in [7, 11) is 0. The normalized spacial score (nSPS) is 11.1. The molecule has 0 saturated carbocycles. The molecule has 0 aromatic heterocycles. The Kier molecular flexibility index (Phi) is 4.59. The third-order valence-corrected chi connectivity index (χ3v) is 2.28. The molecule has 1 aromatic rings. The highest BCUT2D eigenvalue weighted by Gasteiger charge is 2.12. The molecule has 0 unspecified atom stereocenters. The van der Waals surface area contributed by atoms with Gasteiger partial charge in [-0.2, -0.15) is 0 Å². The Morgan fingerprint density at radius 1 is 1.39 bits per heavy atom. The van der Waals surface area contributed by atoms with Gasteiger partial charge in [0, 0.05) is 12.2 Å². The van der Waals surface area contributed by atoms with Crippen molar-refractivity contribution in [3.8, 4) is 5.75 Å². The van der Waals surface area contributed by atoms with Gasteiger partial charge in [-0.25, -0.2) is 0 Å². The van der Waals surface area contributed by atoms with E-state index in [1.54, 1.807) is 0 Å². The second kappa shape index (κ2) is 5.76. The minimum absolute atomic E-state index is 0.111. The number of rotatable bonds is 5. The molecule has 0 radical (unpaired) electrons. The molecular formula is C14H21NO3. The van der Waals surface area contributed by atoms with Gasteiger partial charge in [-0.3, -0.25) is 4.79 Å². The van der Waals surface area contributed by atoms with E-state index in [4.69, 9.17) is 9.84 Å². The first-order valence-corrected chi connectivity index (χ1v) is 6.03. The Bertz CT molecular complexity index is 422. The standard InChI is InChI=1S/C14H21NO3/c1-10-9-11(18-14(2,3)4)5-6-12(10)15-8-7-13(16)17/h5-6,9,15H,7-8H2,1-4H3,(H,16,17). The second-order valence-corrected chi connectivity index (χ2v) is 5.26. The van der Waals surface area contributed by atoms with E-state index in [1.165, 1.54) is 0 Å². The molecule has 100 valence electrons. The third-order valence-electron chi connectivity index (χ3n) is 2.28. The summed E-state index contributed by atoms with van der Waals surface area (Å²) in [5, 5.41) is 11.7. The molecule has 0 aliphatic rings. The monoisotopic (exact) mass is 251 g/mol. The van der Waals surface area contributed by atoms with Crippen LogP contribution in [0.15, 0.2) is 18.2 Å². The molecule has 4 heteroatoms. The molecular weight excluding hydrogens is 230 g/mol. The van der Waals surface area contributed by atoms with Gasteiger partial charge in [-0.1, -0.05) is 0 Å². The number of aryl methyl sites for hydroxylation is 1. The second-order valence-electron chi connectivity index (χ2n) is 5.26. The largest absolute Gasteiger partial charge is 0.488 e. The predicted octanol–water partition coefficient (Wildman–Crippen LogP) is 3.06. The molecule has 1 rings (SSSR count). The molecule has 0 aliphatic carbocycles. The van der Waals surface area contributed by atoms with Crippen LogP contribution in [-0.4, -0.2) is 23.2 Å². The van der Waals surface area contributed by atoms with Crippen LogP contribution in [0.4, 0.5) is 5.69 Å². The lowest BCUT2D eigenvalue weighted by Crippen LogP contribution is -2.23. The molecule has 0 bridgehead atoms. The van der Waals surface area contributed by atoms with Crippen LogP contribution in [0.1, 0.15) is 32.8 Å². The SMILES string of the molecule is Cc1cc(OC(C)(C)C)ccc1NCCC(=O)O. The summed E-state index contributed by atoms with van der Waals surface area (Å²) in [5.41, 5.74) is 1.77. The van der Waals surface area contributed by atoms with E-state index >= 15 is 0 Å².